The van der Waals surface area contributed by atoms with Gasteiger partial charge in [0, 0.05) is 5.75 Å². The fourth-order valence-corrected chi connectivity index (χ4v) is 3.48. The Hall–Kier alpha value is 0.390. The first-order valence-corrected chi connectivity index (χ1v) is 6.86. The van der Waals surface area contributed by atoms with Gasteiger partial charge in [-0.1, -0.05) is 22.9 Å². The molecule has 1 N–H and O–H groups in total. The predicted octanol–water partition coefficient (Wildman–Crippen LogP) is 1.30. The third kappa shape index (κ3) is 2.07. The van der Waals surface area contributed by atoms with Gasteiger partial charge in [0.2, 0.25) is 0 Å². The Bertz CT molecular complexity index is 280. The van der Waals surface area contributed by atoms with Gasteiger partial charge in [-0.25, -0.2) is 8.42 Å². The summed E-state index contributed by atoms with van der Waals surface area (Å²) in [5.41, 5.74) is 0. The van der Waals surface area contributed by atoms with Crippen molar-refractivity contribution in [1.82, 2.24) is 0 Å². The SMILES string of the molecule is CCS(=O)(=O)[C@](C)(Br)[C@@H](O)C1CC1. The maximum absolute atomic E-state index is 11.6. The van der Waals surface area contributed by atoms with Crippen molar-refractivity contribution in [3.8, 4) is 0 Å². The molecule has 0 heterocycles. The minimum absolute atomic E-state index is 0.0541. The molecule has 13 heavy (non-hydrogen) atoms. The second-order valence-corrected chi connectivity index (χ2v) is 8.50. The van der Waals surface area contributed by atoms with Crippen LogP contribution in [0.25, 0.3) is 0 Å². The molecular weight excluding hydrogens is 256 g/mol. The minimum atomic E-state index is -3.24. The lowest BCUT2D eigenvalue weighted by atomic mass is 10.2. The van der Waals surface area contributed by atoms with Crippen molar-refractivity contribution in [2.75, 3.05) is 5.75 Å². The van der Waals surface area contributed by atoms with E-state index in [-0.39, 0.29) is 11.7 Å². The summed E-state index contributed by atoms with van der Waals surface area (Å²) in [6.07, 6.45) is 1.08. The van der Waals surface area contributed by atoms with Crippen molar-refractivity contribution in [3.05, 3.63) is 0 Å². The van der Waals surface area contributed by atoms with E-state index in [1.165, 1.54) is 6.92 Å². The van der Waals surface area contributed by atoms with Crippen LogP contribution in [0.2, 0.25) is 0 Å². The van der Waals surface area contributed by atoms with Gasteiger partial charge in [0.15, 0.2) is 9.84 Å². The highest BCUT2D eigenvalue weighted by atomic mass is 79.9. The summed E-state index contributed by atoms with van der Waals surface area (Å²) in [6.45, 7) is 3.13. The number of sulfone groups is 1. The quantitative estimate of drug-likeness (QED) is 0.784. The van der Waals surface area contributed by atoms with Crippen LogP contribution in [-0.2, 0) is 9.84 Å². The van der Waals surface area contributed by atoms with Crippen LogP contribution in [-0.4, -0.2) is 29.0 Å². The van der Waals surface area contributed by atoms with Crippen LogP contribution in [0.15, 0.2) is 0 Å². The zero-order valence-corrected chi connectivity index (χ0v) is 10.2. The third-order valence-corrected chi connectivity index (χ3v) is 6.75. The highest BCUT2D eigenvalue weighted by Crippen LogP contribution is 2.43. The van der Waals surface area contributed by atoms with Crippen LogP contribution in [0.5, 0.6) is 0 Å². The van der Waals surface area contributed by atoms with Crippen LogP contribution >= 0.6 is 15.9 Å². The Morgan fingerprint density at radius 3 is 2.38 bits per heavy atom. The summed E-state index contributed by atoms with van der Waals surface area (Å²) in [6, 6.07) is 0. The topological polar surface area (TPSA) is 54.4 Å². The van der Waals surface area contributed by atoms with E-state index in [0.717, 1.165) is 12.8 Å². The number of hydrogen-bond acceptors (Lipinski definition) is 3. The highest BCUT2D eigenvalue weighted by molar-refractivity contribution is 9.11. The number of aliphatic hydroxyl groups is 1. The average molecular weight is 271 g/mol. The molecule has 0 unspecified atom stereocenters. The molecule has 0 bridgehead atoms. The molecule has 2 atom stereocenters. The Kier molecular flexibility index (Phi) is 3.10. The second kappa shape index (κ2) is 3.51. The van der Waals surface area contributed by atoms with Crippen LogP contribution in [0, 0.1) is 5.92 Å². The summed E-state index contributed by atoms with van der Waals surface area (Å²) in [4.78, 5) is 0. The summed E-state index contributed by atoms with van der Waals surface area (Å²) < 4.78 is 22.0. The molecule has 78 valence electrons. The molecular formula is C8H15BrO3S. The molecule has 0 spiro atoms. The molecule has 0 aliphatic heterocycles. The number of aliphatic hydroxyl groups excluding tert-OH is 1. The fraction of sp³-hybridized carbons (Fsp3) is 1.00. The van der Waals surface area contributed by atoms with Crippen molar-refractivity contribution < 1.29 is 13.5 Å². The van der Waals surface area contributed by atoms with Gasteiger partial charge < -0.3 is 5.11 Å². The van der Waals surface area contributed by atoms with Gasteiger partial charge in [-0.3, -0.25) is 0 Å². The Balaban J connectivity index is 2.85. The van der Waals surface area contributed by atoms with Crippen LogP contribution in [0.1, 0.15) is 26.7 Å². The lowest BCUT2D eigenvalue weighted by Crippen LogP contribution is -2.43. The molecule has 0 saturated heterocycles. The van der Waals surface area contributed by atoms with Crippen molar-refractivity contribution >= 4 is 25.8 Å². The van der Waals surface area contributed by atoms with Crippen molar-refractivity contribution in [2.45, 2.75) is 36.4 Å². The van der Waals surface area contributed by atoms with Gasteiger partial charge in [-0.2, -0.15) is 0 Å². The lowest BCUT2D eigenvalue weighted by molar-refractivity contribution is 0.141. The molecule has 3 nitrogen and oxygen atoms in total. The van der Waals surface area contributed by atoms with E-state index in [1.54, 1.807) is 6.92 Å². The van der Waals surface area contributed by atoms with E-state index in [0.29, 0.717) is 0 Å². The summed E-state index contributed by atoms with van der Waals surface area (Å²) in [5.74, 6) is 0.212. The van der Waals surface area contributed by atoms with Gasteiger partial charge >= 0.3 is 0 Å². The zero-order valence-electron chi connectivity index (χ0n) is 7.83. The Morgan fingerprint density at radius 1 is 1.62 bits per heavy atom. The Labute approximate surface area is 87.6 Å². The first-order chi connectivity index (χ1) is 5.83. The van der Waals surface area contributed by atoms with Crippen molar-refractivity contribution in [2.24, 2.45) is 5.92 Å². The smallest absolute Gasteiger partial charge is 0.167 e. The zero-order chi connectivity index (χ0) is 10.3. The molecule has 0 amide bonds. The lowest BCUT2D eigenvalue weighted by Gasteiger charge is -2.27. The molecule has 0 aromatic heterocycles. The van der Waals surface area contributed by atoms with Crippen LogP contribution < -0.4 is 0 Å². The van der Waals surface area contributed by atoms with E-state index in [2.05, 4.69) is 15.9 Å². The third-order valence-electron chi connectivity index (χ3n) is 2.58. The number of rotatable bonds is 4. The summed E-state index contributed by atoms with van der Waals surface area (Å²) >= 11 is 3.13. The molecule has 1 saturated carbocycles. The van der Waals surface area contributed by atoms with Crippen LogP contribution in [0.3, 0.4) is 0 Å². The Morgan fingerprint density at radius 2 is 2.08 bits per heavy atom. The maximum Gasteiger partial charge on any atom is 0.167 e. The molecule has 0 aromatic rings. The van der Waals surface area contributed by atoms with Gasteiger partial charge in [0.25, 0.3) is 0 Å². The summed E-state index contributed by atoms with van der Waals surface area (Å²) in [5, 5.41) is 9.76. The first-order valence-electron chi connectivity index (χ1n) is 4.42. The standard InChI is InChI=1S/C8H15BrO3S/c1-3-13(11,12)8(2,9)7(10)6-4-5-6/h6-7,10H,3-5H2,1-2H3/t7-,8-/m0/s1. The number of halogens is 1. The van der Waals surface area contributed by atoms with Gasteiger partial charge in [0.1, 0.15) is 3.66 Å². The maximum atomic E-state index is 11.6. The molecule has 1 aliphatic rings. The van der Waals surface area contributed by atoms with E-state index in [9.17, 15) is 13.5 Å². The largest absolute Gasteiger partial charge is 0.390 e. The normalized spacial score (nSPS) is 25.2. The van der Waals surface area contributed by atoms with Gasteiger partial charge in [0.05, 0.1) is 6.10 Å². The predicted molar refractivity (Wildman–Crippen MR) is 55.5 cm³/mol. The monoisotopic (exact) mass is 270 g/mol. The van der Waals surface area contributed by atoms with Crippen molar-refractivity contribution in [1.29, 1.82) is 0 Å². The highest BCUT2D eigenvalue weighted by Gasteiger charge is 2.48. The van der Waals surface area contributed by atoms with Crippen molar-refractivity contribution in [3.63, 3.8) is 0 Å². The van der Waals surface area contributed by atoms with Gasteiger partial charge in [-0.15, -0.1) is 0 Å². The molecule has 1 fully saturated rings. The molecule has 0 radical (unpaired) electrons. The minimum Gasteiger partial charge on any atom is -0.390 e. The molecule has 0 aromatic carbocycles. The summed E-state index contributed by atoms with van der Waals surface area (Å²) in [7, 11) is -3.24. The first kappa shape index (κ1) is 11.5. The number of hydrogen-bond donors (Lipinski definition) is 1. The second-order valence-electron chi connectivity index (χ2n) is 3.67. The van der Waals surface area contributed by atoms with Gasteiger partial charge in [-0.05, 0) is 25.7 Å². The van der Waals surface area contributed by atoms with Crippen LogP contribution in [0.4, 0.5) is 0 Å². The molecule has 5 heteroatoms. The van der Waals surface area contributed by atoms with E-state index >= 15 is 0 Å². The van der Waals surface area contributed by atoms with E-state index < -0.39 is 19.6 Å². The van der Waals surface area contributed by atoms with E-state index in [1.807, 2.05) is 0 Å². The van der Waals surface area contributed by atoms with E-state index in [4.69, 9.17) is 0 Å². The average Bonchev–Trinajstić information content (AvgIpc) is 2.85. The number of alkyl halides is 1. The molecule has 1 rings (SSSR count). The molecule has 1 aliphatic carbocycles. The fourth-order valence-electron chi connectivity index (χ4n) is 1.30.